The van der Waals surface area contributed by atoms with Crippen LogP contribution in [-0.4, -0.2) is 30.9 Å². The lowest BCUT2D eigenvalue weighted by molar-refractivity contribution is 0.262. The molecule has 1 saturated carbocycles. The number of sulfonamides is 1. The van der Waals surface area contributed by atoms with Crippen LogP contribution in [0.1, 0.15) is 37.8 Å². The van der Waals surface area contributed by atoms with Crippen molar-refractivity contribution < 1.29 is 13.2 Å². The van der Waals surface area contributed by atoms with Crippen molar-refractivity contribution in [2.45, 2.75) is 38.5 Å². The van der Waals surface area contributed by atoms with Gasteiger partial charge in [-0.25, -0.2) is 13.2 Å². The molecule has 27 heavy (non-hydrogen) atoms. The van der Waals surface area contributed by atoms with E-state index in [4.69, 9.17) is 0 Å². The number of amides is 2. The average Bonchev–Trinajstić information content (AvgIpc) is 3.03. The number of carbonyl (C=O) groups is 1. The molecule has 9 heteroatoms. The Kier molecular flexibility index (Phi) is 6.00. The molecule has 2 aromatic rings. The maximum absolute atomic E-state index is 12.1. The first-order valence-electron chi connectivity index (χ1n) is 9.07. The minimum absolute atomic E-state index is 0.408. The van der Waals surface area contributed by atoms with Gasteiger partial charge in [0, 0.05) is 23.1 Å². The van der Waals surface area contributed by atoms with Gasteiger partial charge in [-0.2, -0.15) is 5.10 Å². The van der Waals surface area contributed by atoms with E-state index in [1.807, 2.05) is 6.07 Å². The lowest BCUT2D eigenvalue weighted by Crippen LogP contribution is -2.19. The third kappa shape index (κ3) is 6.28. The minimum Gasteiger partial charge on any atom is -0.308 e. The first kappa shape index (κ1) is 19.2. The third-order valence-corrected chi connectivity index (χ3v) is 5.16. The second kappa shape index (κ2) is 8.43. The molecule has 146 valence electrons. The zero-order valence-electron chi connectivity index (χ0n) is 15.3. The molecule has 4 N–H and O–H groups in total. The topological polar surface area (TPSA) is 116 Å². The SMILES string of the molecule is CS(=O)(=O)Nc1ccc(NC(=O)Nc2cc(CC3CCCCC3)[nH]n2)cc1. The second-order valence-corrected chi connectivity index (χ2v) is 8.77. The van der Waals surface area contributed by atoms with Crippen LogP contribution in [0.4, 0.5) is 22.0 Å². The average molecular weight is 391 g/mol. The Morgan fingerprint density at radius 1 is 1.11 bits per heavy atom. The summed E-state index contributed by atoms with van der Waals surface area (Å²) in [4.78, 5) is 12.1. The molecule has 0 atom stereocenters. The van der Waals surface area contributed by atoms with E-state index in [9.17, 15) is 13.2 Å². The number of aromatic amines is 1. The fourth-order valence-electron chi connectivity index (χ4n) is 3.35. The zero-order valence-corrected chi connectivity index (χ0v) is 16.1. The van der Waals surface area contributed by atoms with Crippen molar-refractivity contribution in [3.05, 3.63) is 36.0 Å². The van der Waals surface area contributed by atoms with Gasteiger partial charge < -0.3 is 5.32 Å². The number of hydrogen-bond acceptors (Lipinski definition) is 4. The summed E-state index contributed by atoms with van der Waals surface area (Å²) in [6.45, 7) is 0. The Labute approximate surface area is 159 Å². The van der Waals surface area contributed by atoms with Crippen LogP contribution in [0, 0.1) is 5.92 Å². The molecule has 0 aliphatic heterocycles. The molecule has 1 aromatic heterocycles. The van der Waals surface area contributed by atoms with Crippen molar-refractivity contribution in [3.8, 4) is 0 Å². The van der Waals surface area contributed by atoms with Crippen LogP contribution in [0.5, 0.6) is 0 Å². The van der Waals surface area contributed by atoms with Crippen LogP contribution in [-0.2, 0) is 16.4 Å². The van der Waals surface area contributed by atoms with Crippen molar-refractivity contribution in [1.29, 1.82) is 0 Å². The van der Waals surface area contributed by atoms with E-state index >= 15 is 0 Å². The predicted octanol–water partition coefficient (Wildman–Crippen LogP) is 3.55. The van der Waals surface area contributed by atoms with Gasteiger partial charge in [0.1, 0.15) is 0 Å². The molecule has 0 spiro atoms. The number of nitrogens with zero attached hydrogens (tertiary/aromatic N) is 1. The van der Waals surface area contributed by atoms with Gasteiger partial charge >= 0.3 is 6.03 Å². The number of benzene rings is 1. The van der Waals surface area contributed by atoms with Gasteiger partial charge in [0.15, 0.2) is 5.82 Å². The number of hydrogen-bond donors (Lipinski definition) is 4. The Bertz CT molecular complexity index is 871. The summed E-state index contributed by atoms with van der Waals surface area (Å²) in [6.07, 6.45) is 8.48. The van der Waals surface area contributed by atoms with Gasteiger partial charge in [0.05, 0.1) is 6.26 Å². The number of H-pyrrole nitrogens is 1. The Hall–Kier alpha value is -2.55. The molecular weight excluding hydrogens is 366 g/mol. The summed E-state index contributed by atoms with van der Waals surface area (Å²) in [5.41, 5.74) is 2.01. The molecule has 0 bridgehead atoms. The van der Waals surface area contributed by atoms with Crippen molar-refractivity contribution in [3.63, 3.8) is 0 Å². The van der Waals surface area contributed by atoms with Gasteiger partial charge in [-0.15, -0.1) is 0 Å². The zero-order chi connectivity index (χ0) is 19.3. The molecule has 2 amide bonds. The van der Waals surface area contributed by atoms with E-state index in [0.717, 1.165) is 18.4 Å². The van der Waals surface area contributed by atoms with Gasteiger partial charge in [0.25, 0.3) is 0 Å². The lowest BCUT2D eigenvalue weighted by Gasteiger charge is -2.20. The fraction of sp³-hybridized carbons (Fsp3) is 0.444. The molecule has 1 heterocycles. The molecular formula is C18H25N5O3S. The van der Waals surface area contributed by atoms with Gasteiger partial charge in [-0.1, -0.05) is 32.1 Å². The summed E-state index contributed by atoms with van der Waals surface area (Å²) in [5.74, 6) is 1.17. The molecule has 0 radical (unpaired) electrons. The van der Waals surface area contributed by atoms with Crippen molar-refractivity contribution in [2.75, 3.05) is 21.6 Å². The number of carbonyl (C=O) groups excluding carboxylic acids is 1. The third-order valence-electron chi connectivity index (χ3n) is 4.55. The van der Waals surface area contributed by atoms with E-state index < -0.39 is 16.1 Å². The summed E-state index contributed by atoms with van der Waals surface area (Å²) in [6, 6.07) is 7.85. The number of urea groups is 1. The largest absolute Gasteiger partial charge is 0.324 e. The van der Waals surface area contributed by atoms with Crippen LogP contribution in [0.15, 0.2) is 30.3 Å². The highest BCUT2D eigenvalue weighted by molar-refractivity contribution is 7.92. The standard InChI is InChI=1S/C18H25N5O3S/c1-27(25,26)23-15-9-7-14(8-10-15)19-18(24)20-17-12-16(21-22-17)11-13-5-3-2-4-6-13/h7-10,12-13,23H,2-6,11H2,1H3,(H3,19,20,21,22,24). The molecule has 3 rings (SSSR count). The normalized spacial score (nSPS) is 15.3. The Morgan fingerprint density at radius 3 is 2.44 bits per heavy atom. The molecule has 0 saturated heterocycles. The highest BCUT2D eigenvalue weighted by Crippen LogP contribution is 2.26. The van der Waals surface area contributed by atoms with E-state index in [-0.39, 0.29) is 0 Å². The van der Waals surface area contributed by atoms with Crippen molar-refractivity contribution in [1.82, 2.24) is 10.2 Å². The van der Waals surface area contributed by atoms with Crippen LogP contribution >= 0.6 is 0 Å². The van der Waals surface area contributed by atoms with Gasteiger partial charge in [0.2, 0.25) is 10.0 Å². The highest BCUT2D eigenvalue weighted by atomic mass is 32.2. The monoisotopic (exact) mass is 391 g/mol. The molecule has 1 aromatic carbocycles. The first-order valence-corrected chi connectivity index (χ1v) is 11.0. The smallest absolute Gasteiger partial charge is 0.308 e. The molecule has 8 nitrogen and oxygen atoms in total. The highest BCUT2D eigenvalue weighted by Gasteiger charge is 2.15. The fourth-order valence-corrected chi connectivity index (χ4v) is 3.91. The predicted molar refractivity (Wildman–Crippen MR) is 106 cm³/mol. The first-order chi connectivity index (χ1) is 12.9. The van der Waals surface area contributed by atoms with Crippen molar-refractivity contribution >= 4 is 33.2 Å². The maximum Gasteiger partial charge on any atom is 0.324 e. The lowest BCUT2D eigenvalue weighted by atomic mass is 9.86. The van der Waals surface area contributed by atoms with E-state index in [0.29, 0.717) is 23.1 Å². The Morgan fingerprint density at radius 2 is 1.78 bits per heavy atom. The minimum atomic E-state index is -3.32. The van der Waals surface area contributed by atoms with Gasteiger partial charge in [-0.3, -0.25) is 15.1 Å². The van der Waals surface area contributed by atoms with Crippen LogP contribution in [0.3, 0.4) is 0 Å². The van der Waals surface area contributed by atoms with E-state index in [2.05, 4.69) is 25.6 Å². The number of anilines is 3. The van der Waals surface area contributed by atoms with Crippen molar-refractivity contribution in [2.24, 2.45) is 5.92 Å². The summed E-state index contributed by atoms with van der Waals surface area (Å²) in [5, 5.41) is 12.5. The molecule has 1 aliphatic rings. The Balaban J connectivity index is 1.50. The van der Waals surface area contributed by atoms with Crippen LogP contribution in [0.25, 0.3) is 0 Å². The number of aromatic nitrogens is 2. The van der Waals surface area contributed by atoms with Crippen LogP contribution < -0.4 is 15.4 Å². The molecule has 1 fully saturated rings. The van der Waals surface area contributed by atoms with E-state index in [1.54, 1.807) is 24.3 Å². The van der Waals surface area contributed by atoms with Gasteiger partial charge in [-0.05, 0) is 36.6 Å². The summed E-state index contributed by atoms with van der Waals surface area (Å²) < 4.78 is 24.8. The summed E-state index contributed by atoms with van der Waals surface area (Å²) >= 11 is 0. The maximum atomic E-state index is 12.1. The molecule has 1 aliphatic carbocycles. The van der Waals surface area contributed by atoms with E-state index in [1.165, 1.54) is 32.1 Å². The second-order valence-electron chi connectivity index (χ2n) is 7.02. The molecule has 0 unspecified atom stereocenters. The number of rotatable bonds is 6. The van der Waals surface area contributed by atoms with Crippen LogP contribution in [0.2, 0.25) is 0 Å². The quantitative estimate of drug-likeness (QED) is 0.602. The summed E-state index contributed by atoms with van der Waals surface area (Å²) in [7, 11) is -3.32. The number of nitrogens with one attached hydrogen (secondary N) is 4.